The summed E-state index contributed by atoms with van der Waals surface area (Å²) in [6.45, 7) is 2.77. The molecule has 0 bridgehead atoms. The van der Waals surface area contributed by atoms with Gasteiger partial charge in [-0.2, -0.15) is 0 Å². The third kappa shape index (κ3) is 1.97. The summed E-state index contributed by atoms with van der Waals surface area (Å²) in [5.41, 5.74) is -0.348. The van der Waals surface area contributed by atoms with E-state index < -0.39 is 11.7 Å². The molecule has 90 valence electrons. The monoisotopic (exact) mass is 225 g/mol. The highest BCUT2D eigenvalue weighted by Gasteiger charge is 2.40. The highest BCUT2D eigenvalue weighted by molar-refractivity contribution is 5.08. The second kappa shape index (κ2) is 4.51. The van der Waals surface area contributed by atoms with Crippen molar-refractivity contribution < 1.29 is 10.2 Å². The third-order valence-corrected chi connectivity index (χ3v) is 3.34. The number of hydrogen-bond donors (Lipinski definition) is 2. The molecule has 1 aromatic heterocycles. The number of aliphatic hydroxyl groups is 2. The molecule has 1 unspecified atom stereocenters. The van der Waals surface area contributed by atoms with Gasteiger partial charge in [0.2, 0.25) is 0 Å². The molecule has 2 N–H and O–H groups in total. The van der Waals surface area contributed by atoms with Crippen molar-refractivity contribution in [2.75, 3.05) is 0 Å². The van der Waals surface area contributed by atoms with Crippen LogP contribution < -0.4 is 0 Å². The molecule has 0 aliphatic heterocycles. The fourth-order valence-electron chi connectivity index (χ4n) is 2.40. The van der Waals surface area contributed by atoms with Crippen LogP contribution in [0.5, 0.6) is 0 Å². The van der Waals surface area contributed by atoms with E-state index in [1.54, 1.807) is 10.9 Å². The molecule has 2 rings (SSSR count). The summed E-state index contributed by atoms with van der Waals surface area (Å²) in [4.78, 5) is 0. The Bertz CT molecular complexity index is 345. The Balaban J connectivity index is 2.19. The normalized spacial score (nSPS) is 21.2. The van der Waals surface area contributed by atoms with Crippen LogP contribution in [0.1, 0.15) is 50.8 Å². The van der Waals surface area contributed by atoms with E-state index in [1.165, 1.54) is 0 Å². The van der Waals surface area contributed by atoms with Crippen LogP contribution in [0.15, 0.2) is 6.20 Å². The lowest BCUT2D eigenvalue weighted by Gasteiger charge is -2.28. The Morgan fingerprint density at radius 1 is 1.50 bits per heavy atom. The minimum absolute atomic E-state index is 0.631. The molecule has 0 aromatic carbocycles. The van der Waals surface area contributed by atoms with Gasteiger partial charge in [-0.3, -0.25) is 0 Å². The molecule has 16 heavy (non-hydrogen) atoms. The zero-order valence-corrected chi connectivity index (χ0v) is 9.63. The zero-order valence-electron chi connectivity index (χ0n) is 9.63. The van der Waals surface area contributed by atoms with Crippen LogP contribution in [0.25, 0.3) is 0 Å². The molecule has 1 aromatic rings. The molecule has 0 amide bonds. The fraction of sp³-hybridized carbons (Fsp3) is 0.818. The van der Waals surface area contributed by atoms with Crippen LogP contribution in [0.2, 0.25) is 0 Å². The first kappa shape index (κ1) is 11.5. The van der Waals surface area contributed by atoms with E-state index in [2.05, 4.69) is 10.3 Å². The van der Waals surface area contributed by atoms with E-state index in [-0.39, 0.29) is 0 Å². The Morgan fingerprint density at radius 3 is 2.81 bits per heavy atom. The van der Waals surface area contributed by atoms with Crippen molar-refractivity contribution in [1.29, 1.82) is 0 Å². The molecule has 1 heterocycles. The molecule has 0 radical (unpaired) electrons. The summed E-state index contributed by atoms with van der Waals surface area (Å²) in [6, 6.07) is 0. The SMILES string of the molecule is CCCn1nncc1C(O)C1(O)CCCC1. The van der Waals surface area contributed by atoms with Gasteiger partial charge in [-0.1, -0.05) is 25.0 Å². The largest absolute Gasteiger partial charge is 0.387 e. The Hall–Kier alpha value is -0.940. The molecule has 1 saturated carbocycles. The summed E-state index contributed by atoms with van der Waals surface area (Å²) >= 11 is 0. The number of aliphatic hydroxyl groups excluding tert-OH is 1. The average molecular weight is 225 g/mol. The maximum absolute atomic E-state index is 10.3. The molecule has 0 saturated heterocycles. The van der Waals surface area contributed by atoms with Gasteiger partial charge < -0.3 is 10.2 Å². The highest BCUT2D eigenvalue weighted by Crippen LogP contribution is 2.39. The average Bonchev–Trinajstić information content (AvgIpc) is 2.88. The molecule has 0 spiro atoms. The van der Waals surface area contributed by atoms with Crippen molar-refractivity contribution in [3.05, 3.63) is 11.9 Å². The molecule has 1 aliphatic carbocycles. The Kier molecular flexibility index (Phi) is 3.25. The van der Waals surface area contributed by atoms with Gasteiger partial charge in [0.05, 0.1) is 17.5 Å². The van der Waals surface area contributed by atoms with Crippen molar-refractivity contribution in [2.24, 2.45) is 0 Å². The van der Waals surface area contributed by atoms with Crippen molar-refractivity contribution >= 4 is 0 Å². The van der Waals surface area contributed by atoms with Crippen LogP contribution in [0.3, 0.4) is 0 Å². The van der Waals surface area contributed by atoms with E-state index in [1.807, 2.05) is 6.92 Å². The Labute approximate surface area is 95.1 Å². The predicted octanol–water partition coefficient (Wildman–Crippen LogP) is 1.03. The Morgan fingerprint density at radius 2 is 2.19 bits per heavy atom. The van der Waals surface area contributed by atoms with Crippen molar-refractivity contribution in [1.82, 2.24) is 15.0 Å². The zero-order chi connectivity index (χ0) is 11.6. The fourth-order valence-corrected chi connectivity index (χ4v) is 2.40. The van der Waals surface area contributed by atoms with Crippen LogP contribution in [0, 0.1) is 0 Å². The molecule has 1 atom stereocenters. The second-order valence-corrected chi connectivity index (χ2v) is 4.60. The lowest BCUT2D eigenvalue weighted by molar-refractivity contribution is -0.0756. The standard InChI is InChI=1S/C11H19N3O2/c1-2-7-14-9(8-12-13-14)10(15)11(16)5-3-4-6-11/h8,10,15-16H,2-7H2,1H3. The van der Waals surface area contributed by atoms with Gasteiger partial charge >= 0.3 is 0 Å². The maximum Gasteiger partial charge on any atom is 0.126 e. The maximum atomic E-state index is 10.3. The van der Waals surface area contributed by atoms with Gasteiger partial charge in [0.15, 0.2) is 0 Å². The quantitative estimate of drug-likeness (QED) is 0.802. The van der Waals surface area contributed by atoms with Crippen LogP contribution in [0.4, 0.5) is 0 Å². The van der Waals surface area contributed by atoms with Crippen LogP contribution >= 0.6 is 0 Å². The molecule has 5 nitrogen and oxygen atoms in total. The third-order valence-electron chi connectivity index (χ3n) is 3.34. The van der Waals surface area contributed by atoms with E-state index in [9.17, 15) is 10.2 Å². The summed E-state index contributed by atoms with van der Waals surface area (Å²) in [6.07, 6.45) is 4.89. The summed E-state index contributed by atoms with van der Waals surface area (Å²) in [5.74, 6) is 0. The second-order valence-electron chi connectivity index (χ2n) is 4.60. The van der Waals surface area contributed by atoms with Crippen LogP contribution in [-0.2, 0) is 6.54 Å². The van der Waals surface area contributed by atoms with Crippen molar-refractivity contribution in [2.45, 2.75) is 57.3 Å². The number of rotatable bonds is 4. The molecule has 1 fully saturated rings. The lowest BCUT2D eigenvalue weighted by Crippen LogP contribution is -2.34. The first-order valence-corrected chi connectivity index (χ1v) is 5.96. The topological polar surface area (TPSA) is 71.2 Å². The van der Waals surface area contributed by atoms with Gasteiger partial charge in [-0.25, -0.2) is 4.68 Å². The van der Waals surface area contributed by atoms with Gasteiger partial charge in [-0.05, 0) is 19.3 Å². The van der Waals surface area contributed by atoms with E-state index in [0.29, 0.717) is 18.5 Å². The predicted molar refractivity (Wildman–Crippen MR) is 58.7 cm³/mol. The number of aryl methyl sites for hydroxylation is 1. The summed E-state index contributed by atoms with van der Waals surface area (Å²) in [5, 5.41) is 28.3. The first-order valence-electron chi connectivity index (χ1n) is 5.96. The van der Waals surface area contributed by atoms with E-state index in [0.717, 1.165) is 25.8 Å². The minimum Gasteiger partial charge on any atom is -0.387 e. The van der Waals surface area contributed by atoms with E-state index >= 15 is 0 Å². The summed E-state index contributed by atoms with van der Waals surface area (Å²) in [7, 11) is 0. The van der Waals surface area contributed by atoms with Crippen molar-refractivity contribution in [3.63, 3.8) is 0 Å². The van der Waals surface area contributed by atoms with Gasteiger partial charge in [-0.15, -0.1) is 5.10 Å². The first-order chi connectivity index (χ1) is 7.67. The lowest BCUT2D eigenvalue weighted by atomic mass is 9.93. The molecule has 1 aliphatic rings. The highest BCUT2D eigenvalue weighted by atomic mass is 16.3. The van der Waals surface area contributed by atoms with E-state index in [4.69, 9.17) is 0 Å². The van der Waals surface area contributed by atoms with Crippen molar-refractivity contribution in [3.8, 4) is 0 Å². The van der Waals surface area contributed by atoms with Gasteiger partial charge in [0.1, 0.15) is 6.10 Å². The van der Waals surface area contributed by atoms with Crippen LogP contribution in [-0.4, -0.2) is 30.8 Å². The number of nitrogens with zero attached hydrogens (tertiary/aromatic N) is 3. The minimum atomic E-state index is -0.979. The number of aromatic nitrogens is 3. The van der Waals surface area contributed by atoms with Gasteiger partial charge in [0, 0.05) is 6.54 Å². The number of hydrogen-bond acceptors (Lipinski definition) is 4. The molecular formula is C11H19N3O2. The molecular weight excluding hydrogens is 206 g/mol. The smallest absolute Gasteiger partial charge is 0.126 e. The molecule has 5 heteroatoms. The van der Waals surface area contributed by atoms with Gasteiger partial charge in [0.25, 0.3) is 0 Å². The summed E-state index contributed by atoms with van der Waals surface area (Å²) < 4.78 is 1.68.